The van der Waals surface area contributed by atoms with Crippen molar-refractivity contribution in [1.29, 1.82) is 0 Å². The van der Waals surface area contributed by atoms with E-state index in [1.165, 1.54) is 0 Å². The molecule has 1 aromatic rings. The van der Waals surface area contributed by atoms with Gasteiger partial charge < -0.3 is 16.8 Å². The molecule has 0 aliphatic heterocycles. The van der Waals surface area contributed by atoms with E-state index in [0.29, 0.717) is 22.7 Å². The highest BCUT2D eigenvalue weighted by atomic mass is 16.1. The lowest BCUT2D eigenvalue weighted by Crippen LogP contribution is -2.16. The van der Waals surface area contributed by atoms with Crippen LogP contribution in [0.25, 0.3) is 0 Å². The average molecular weight is 219 g/mol. The number of carbonyl (C=O) groups excluding carboxylic acids is 1. The molecule has 5 N–H and O–H groups in total. The second kappa shape index (κ2) is 3.40. The van der Waals surface area contributed by atoms with Crippen molar-refractivity contribution in [1.82, 2.24) is 0 Å². The Morgan fingerprint density at radius 1 is 1.50 bits per heavy atom. The van der Waals surface area contributed by atoms with E-state index in [1.54, 1.807) is 12.1 Å². The molecule has 1 saturated carbocycles. The van der Waals surface area contributed by atoms with Crippen molar-refractivity contribution in [3.63, 3.8) is 0 Å². The fourth-order valence-electron chi connectivity index (χ4n) is 1.81. The largest absolute Gasteiger partial charge is 0.396 e. The van der Waals surface area contributed by atoms with Gasteiger partial charge in [0.1, 0.15) is 0 Å². The summed E-state index contributed by atoms with van der Waals surface area (Å²) in [5.41, 5.74) is 13.1. The zero-order valence-electron chi connectivity index (χ0n) is 9.58. The van der Waals surface area contributed by atoms with Crippen molar-refractivity contribution in [3.05, 3.63) is 23.8 Å². The summed E-state index contributed by atoms with van der Waals surface area (Å²) >= 11 is 0. The molecule has 4 heteroatoms. The molecule has 4 nitrogen and oxygen atoms in total. The highest BCUT2D eigenvalue weighted by Crippen LogP contribution is 2.47. The molecule has 1 unspecified atom stereocenters. The second-order valence-electron chi connectivity index (χ2n) is 5.02. The van der Waals surface area contributed by atoms with Crippen LogP contribution in [0.1, 0.15) is 30.6 Å². The van der Waals surface area contributed by atoms with E-state index < -0.39 is 5.91 Å². The van der Waals surface area contributed by atoms with Crippen LogP contribution in [0.2, 0.25) is 0 Å². The molecule has 1 atom stereocenters. The first-order valence-corrected chi connectivity index (χ1v) is 5.36. The van der Waals surface area contributed by atoms with Crippen LogP contribution in [0.3, 0.4) is 0 Å². The summed E-state index contributed by atoms with van der Waals surface area (Å²) in [5.74, 6) is -0.490. The quantitative estimate of drug-likeness (QED) is 0.675. The highest BCUT2D eigenvalue weighted by molar-refractivity contribution is 6.00. The van der Waals surface area contributed by atoms with Crippen LogP contribution in [0.5, 0.6) is 0 Å². The van der Waals surface area contributed by atoms with Crippen LogP contribution in [0, 0.1) is 5.41 Å². The Morgan fingerprint density at radius 2 is 2.12 bits per heavy atom. The molecular weight excluding hydrogens is 202 g/mol. The molecule has 0 saturated heterocycles. The number of benzene rings is 1. The van der Waals surface area contributed by atoms with E-state index in [0.717, 1.165) is 12.1 Å². The first kappa shape index (κ1) is 10.8. The minimum Gasteiger partial charge on any atom is -0.396 e. The SMILES string of the molecule is CC1(C)CC1Nc1cccc(C(N)=O)c1N. The number of amides is 1. The molecule has 1 fully saturated rings. The van der Waals surface area contributed by atoms with Crippen LogP contribution in [0.15, 0.2) is 18.2 Å². The maximum Gasteiger partial charge on any atom is 0.250 e. The van der Waals surface area contributed by atoms with Gasteiger partial charge in [-0.1, -0.05) is 19.9 Å². The van der Waals surface area contributed by atoms with Gasteiger partial charge in [-0.05, 0) is 24.0 Å². The zero-order chi connectivity index (χ0) is 11.9. The molecule has 0 bridgehead atoms. The van der Waals surface area contributed by atoms with E-state index in [2.05, 4.69) is 19.2 Å². The number of para-hydroxylation sites is 1. The number of hydrogen-bond donors (Lipinski definition) is 3. The molecule has 0 heterocycles. The van der Waals surface area contributed by atoms with Crippen LogP contribution < -0.4 is 16.8 Å². The van der Waals surface area contributed by atoms with Crippen molar-refractivity contribution >= 4 is 17.3 Å². The van der Waals surface area contributed by atoms with Crippen molar-refractivity contribution in [3.8, 4) is 0 Å². The molecule has 16 heavy (non-hydrogen) atoms. The summed E-state index contributed by atoms with van der Waals surface area (Å²) < 4.78 is 0. The number of hydrogen-bond acceptors (Lipinski definition) is 3. The zero-order valence-corrected chi connectivity index (χ0v) is 9.58. The predicted molar refractivity (Wildman–Crippen MR) is 65.2 cm³/mol. The Balaban J connectivity index is 2.22. The smallest absolute Gasteiger partial charge is 0.250 e. The number of anilines is 2. The lowest BCUT2D eigenvalue weighted by atomic mass is 10.1. The first-order valence-electron chi connectivity index (χ1n) is 5.36. The van der Waals surface area contributed by atoms with Gasteiger partial charge in [0.2, 0.25) is 0 Å². The molecule has 1 aliphatic rings. The Kier molecular flexibility index (Phi) is 2.30. The van der Waals surface area contributed by atoms with Gasteiger partial charge in [-0.3, -0.25) is 4.79 Å². The lowest BCUT2D eigenvalue weighted by Gasteiger charge is -2.12. The molecule has 1 aliphatic carbocycles. The van der Waals surface area contributed by atoms with Gasteiger partial charge in [-0.25, -0.2) is 0 Å². The van der Waals surface area contributed by atoms with Crippen LogP contribution in [-0.4, -0.2) is 11.9 Å². The van der Waals surface area contributed by atoms with E-state index in [4.69, 9.17) is 11.5 Å². The normalized spacial score (nSPS) is 21.5. The van der Waals surface area contributed by atoms with Gasteiger partial charge in [0.15, 0.2) is 0 Å². The van der Waals surface area contributed by atoms with E-state index in [9.17, 15) is 4.79 Å². The molecule has 86 valence electrons. The number of primary amides is 1. The second-order valence-corrected chi connectivity index (χ2v) is 5.02. The van der Waals surface area contributed by atoms with Crippen molar-refractivity contribution < 1.29 is 4.79 Å². The molecule has 1 amide bonds. The lowest BCUT2D eigenvalue weighted by molar-refractivity contribution is 0.100. The maximum absolute atomic E-state index is 11.1. The Labute approximate surface area is 95.0 Å². The summed E-state index contributed by atoms with van der Waals surface area (Å²) in [5, 5.41) is 3.34. The average Bonchev–Trinajstić information content (AvgIpc) is 2.77. The minimum absolute atomic E-state index is 0.315. The van der Waals surface area contributed by atoms with Gasteiger partial charge in [0.25, 0.3) is 5.91 Å². The fraction of sp³-hybridized carbons (Fsp3) is 0.417. The number of rotatable bonds is 3. The van der Waals surface area contributed by atoms with E-state index in [-0.39, 0.29) is 0 Å². The summed E-state index contributed by atoms with van der Waals surface area (Å²) in [7, 11) is 0. The fourth-order valence-corrected chi connectivity index (χ4v) is 1.81. The predicted octanol–water partition coefficient (Wildman–Crippen LogP) is 1.58. The van der Waals surface area contributed by atoms with Gasteiger partial charge in [-0.2, -0.15) is 0 Å². The van der Waals surface area contributed by atoms with Gasteiger partial charge in [0.05, 0.1) is 16.9 Å². The molecular formula is C12H17N3O. The Bertz CT molecular complexity index is 440. The molecule has 0 spiro atoms. The van der Waals surface area contributed by atoms with Gasteiger partial charge >= 0.3 is 0 Å². The summed E-state index contributed by atoms with van der Waals surface area (Å²) in [4.78, 5) is 11.1. The minimum atomic E-state index is -0.490. The summed E-state index contributed by atoms with van der Waals surface area (Å²) in [6.07, 6.45) is 1.12. The molecule has 0 radical (unpaired) electrons. The monoisotopic (exact) mass is 219 g/mol. The standard InChI is InChI=1S/C12H17N3O/c1-12(2)6-9(12)15-8-5-3-4-7(10(8)13)11(14)16/h3-5,9,15H,6,13H2,1-2H3,(H2,14,16). The molecule has 0 aromatic heterocycles. The third-order valence-corrected chi connectivity index (χ3v) is 3.21. The highest BCUT2D eigenvalue weighted by Gasteiger charge is 2.45. The third-order valence-electron chi connectivity index (χ3n) is 3.21. The van der Waals surface area contributed by atoms with Crippen molar-refractivity contribution in [2.75, 3.05) is 11.1 Å². The number of nitrogen functional groups attached to an aromatic ring is 1. The molecule has 1 aromatic carbocycles. The number of carbonyl (C=O) groups is 1. The Morgan fingerprint density at radius 3 is 2.62 bits per heavy atom. The summed E-state index contributed by atoms with van der Waals surface area (Å²) in [6.45, 7) is 4.39. The Hall–Kier alpha value is -1.71. The van der Waals surface area contributed by atoms with Crippen LogP contribution in [-0.2, 0) is 0 Å². The first-order chi connectivity index (χ1) is 7.42. The third kappa shape index (κ3) is 1.83. The van der Waals surface area contributed by atoms with E-state index >= 15 is 0 Å². The van der Waals surface area contributed by atoms with Crippen LogP contribution >= 0.6 is 0 Å². The van der Waals surface area contributed by atoms with Crippen molar-refractivity contribution in [2.45, 2.75) is 26.3 Å². The van der Waals surface area contributed by atoms with Crippen LogP contribution in [0.4, 0.5) is 11.4 Å². The number of nitrogens with two attached hydrogens (primary N) is 2. The van der Waals surface area contributed by atoms with E-state index in [1.807, 2.05) is 6.07 Å². The maximum atomic E-state index is 11.1. The van der Waals surface area contributed by atoms with Gasteiger partial charge in [-0.15, -0.1) is 0 Å². The topological polar surface area (TPSA) is 81.1 Å². The van der Waals surface area contributed by atoms with Crippen molar-refractivity contribution in [2.24, 2.45) is 11.1 Å². The van der Waals surface area contributed by atoms with Gasteiger partial charge in [0, 0.05) is 6.04 Å². The summed E-state index contributed by atoms with van der Waals surface area (Å²) in [6, 6.07) is 5.73. The molecule has 2 rings (SSSR count). The number of nitrogens with one attached hydrogen (secondary N) is 1.